The second-order valence-electron chi connectivity index (χ2n) is 3.97. The Morgan fingerprint density at radius 2 is 1.83 bits per heavy atom. The van der Waals surface area contributed by atoms with Crippen LogP contribution < -0.4 is 5.73 Å². The van der Waals surface area contributed by atoms with E-state index in [1.54, 1.807) is 4.90 Å². The molecule has 0 unspecified atom stereocenters. The minimum absolute atomic E-state index is 0.136. The van der Waals surface area contributed by atoms with Gasteiger partial charge in [-0.1, -0.05) is 0 Å². The molecule has 1 rings (SSSR count). The van der Waals surface area contributed by atoms with Crippen molar-refractivity contribution in [1.82, 2.24) is 4.90 Å². The Bertz CT molecular complexity index is 509. The maximum atomic E-state index is 12.0. The third-order valence-electron chi connectivity index (χ3n) is 2.60. The van der Waals surface area contributed by atoms with Crippen molar-refractivity contribution >= 4 is 15.7 Å². The number of nitrogens with zero attached hydrogens (tertiary/aromatic N) is 1. The standard InChI is InChI=1S/C12H18N2O3S/c1-3-14(9-8-13)12(15)10-4-6-11(7-5-10)18(2,16)17/h4-7H,3,8-9,13H2,1-2H3. The highest BCUT2D eigenvalue weighted by molar-refractivity contribution is 7.90. The minimum atomic E-state index is -3.23. The number of rotatable bonds is 5. The van der Waals surface area contributed by atoms with Gasteiger partial charge in [-0.25, -0.2) is 8.42 Å². The van der Waals surface area contributed by atoms with E-state index >= 15 is 0 Å². The summed E-state index contributed by atoms with van der Waals surface area (Å²) in [6.45, 7) is 3.34. The number of sulfone groups is 1. The van der Waals surface area contributed by atoms with Crippen LogP contribution in [0.2, 0.25) is 0 Å². The second-order valence-corrected chi connectivity index (χ2v) is 5.99. The predicted octanol–water partition coefficient (Wildman–Crippen LogP) is 0.511. The normalized spacial score (nSPS) is 11.3. The predicted molar refractivity (Wildman–Crippen MR) is 70.2 cm³/mol. The van der Waals surface area contributed by atoms with Crippen LogP contribution in [0.4, 0.5) is 0 Å². The zero-order chi connectivity index (χ0) is 13.8. The van der Waals surface area contributed by atoms with Gasteiger partial charge in [0.1, 0.15) is 0 Å². The van der Waals surface area contributed by atoms with E-state index in [2.05, 4.69) is 0 Å². The van der Waals surface area contributed by atoms with Gasteiger partial charge in [-0.3, -0.25) is 4.79 Å². The number of hydrogen-bond acceptors (Lipinski definition) is 4. The van der Waals surface area contributed by atoms with Crippen molar-refractivity contribution < 1.29 is 13.2 Å². The summed E-state index contributed by atoms with van der Waals surface area (Å²) in [5.41, 5.74) is 5.90. The van der Waals surface area contributed by atoms with Crippen LogP contribution in [0.25, 0.3) is 0 Å². The van der Waals surface area contributed by atoms with Gasteiger partial charge in [0.25, 0.3) is 5.91 Å². The molecule has 0 saturated heterocycles. The lowest BCUT2D eigenvalue weighted by Gasteiger charge is -2.19. The number of carbonyl (C=O) groups is 1. The van der Waals surface area contributed by atoms with Crippen LogP contribution in [-0.2, 0) is 9.84 Å². The molecule has 0 bridgehead atoms. The summed E-state index contributed by atoms with van der Waals surface area (Å²) in [7, 11) is -3.23. The molecule has 100 valence electrons. The molecule has 0 radical (unpaired) electrons. The van der Waals surface area contributed by atoms with Gasteiger partial charge < -0.3 is 10.6 Å². The van der Waals surface area contributed by atoms with Gasteiger partial charge in [0, 0.05) is 31.5 Å². The molecule has 18 heavy (non-hydrogen) atoms. The molecule has 0 aliphatic carbocycles. The Balaban J connectivity index is 2.95. The van der Waals surface area contributed by atoms with Crippen molar-refractivity contribution in [1.29, 1.82) is 0 Å². The van der Waals surface area contributed by atoms with Gasteiger partial charge in [-0.05, 0) is 31.2 Å². The van der Waals surface area contributed by atoms with Crippen molar-refractivity contribution in [2.45, 2.75) is 11.8 Å². The molecule has 0 saturated carbocycles. The van der Waals surface area contributed by atoms with E-state index in [9.17, 15) is 13.2 Å². The zero-order valence-corrected chi connectivity index (χ0v) is 11.4. The number of benzene rings is 1. The first-order valence-corrected chi connectivity index (χ1v) is 7.58. The van der Waals surface area contributed by atoms with Gasteiger partial charge in [0.2, 0.25) is 0 Å². The van der Waals surface area contributed by atoms with Gasteiger partial charge >= 0.3 is 0 Å². The highest BCUT2D eigenvalue weighted by atomic mass is 32.2. The molecule has 2 N–H and O–H groups in total. The number of hydrogen-bond donors (Lipinski definition) is 1. The van der Waals surface area contributed by atoms with Crippen LogP contribution in [0.3, 0.4) is 0 Å². The molecule has 0 aliphatic rings. The van der Waals surface area contributed by atoms with Gasteiger partial charge in [0.05, 0.1) is 4.90 Å². The van der Waals surface area contributed by atoms with Crippen LogP contribution >= 0.6 is 0 Å². The average molecular weight is 270 g/mol. The number of carbonyl (C=O) groups excluding carboxylic acids is 1. The maximum absolute atomic E-state index is 12.0. The Labute approximate surface area is 108 Å². The van der Waals surface area contributed by atoms with E-state index in [4.69, 9.17) is 5.73 Å². The third kappa shape index (κ3) is 3.54. The summed E-state index contributed by atoms with van der Waals surface area (Å²) in [4.78, 5) is 13.9. The quantitative estimate of drug-likeness (QED) is 0.845. The highest BCUT2D eigenvalue weighted by Gasteiger charge is 2.14. The van der Waals surface area contributed by atoms with E-state index in [0.29, 0.717) is 25.2 Å². The first kappa shape index (κ1) is 14.7. The fraction of sp³-hybridized carbons (Fsp3) is 0.417. The lowest BCUT2D eigenvalue weighted by atomic mass is 10.2. The zero-order valence-electron chi connectivity index (χ0n) is 10.6. The molecule has 1 aromatic carbocycles. The van der Waals surface area contributed by atoms with Crippen molar-refractivity contribution in [3.8, 4) is 0 Å². The lowest BCUT2D eigenvalue weighted by Crippen LogP contribution is -2.35. The largest absolute Gasteiger partial charge is 0.338 e. The van der Waals surface area contributed by atoms with Crippen LogP contribution in [0.5, 0.6) is 0 Å². The molecule has 1 aromatic rings. The summed E-state index contributed by atoms with van der Waals surface area (Å²) < 4.78 is 22.6. The maximum Gasteiger partial charge on any atom is 0.253 e. The monoisotopic (exact) mass is 270 g/mol. The fourth-order valence-electron chi connectivity index (χ4n) is 1.59. The summed E-state index contributed by atoms with van der Waals surface area (Å²) in [6, 6.07) is 5.94. The Morgan fingerprint density at radius 1 is 1.28 bits per heavy atom. The van der Waals surface area contributed by atoms with E-state index in [0.717, 1.165) is 6.26 Å². The second kappa shape index (κ2) is 5.97. The molecular weight excluding hydrogens is 252 g/mol. The van der Waals surface area contributed by atoms with Crippen LogP contribution in [0.15, 0.2) is 29.2 Å². The Hall–Kier alpha value is -1.40. The smallest absolute Gasteiger partial charge is 0.253 e. The first-order chi connectivity index (χ1) is 8.40. The molecule has 6 heteroatoms. The van der Waals surface area contributed by atoms with Crippen molar-refractivity contribution in [3.05, 3.63) is 29.8 Å². The van der Waals surface area contributed by atoms with Crippen LogP contribution in [-0.4, -0.2) is 45.1 Å². The van der Waals surface area contributed by atoms with Gasteiger partial charge in [-0.2, -0.15) is 0 Å². The molecule has 0 atom stereocenters. The fourth-order valence-corrected chi connectivity index (χ4v) is 2.22. The Morgan fingerprint density at radius 3 is 2.22 bits per heavy atom. The SMILES string of the molecule is CCN(CCN)C(=O)c1ccc(S(C)(=O)=O)cc1. The summed E-state index contributed by atoms with van der Waals surface area (Å²) in [6.07, 6.45) is 1.14. The highest BCUT2D eigenvalue weighted by Crippen LogP contribution is 2.12. The van der Waals surface area contributed by atoms with E-state index in [1.807, 2.05) is 6.92 Å². The minimum Gasteiger partial charge on any atom is -0.338 e. The van der Waals surface area contributed by atoms with Crippen LogP contribution in [0, 0.1) is 0 Å². The average Bonchev–Trinajstić information content (AvgIpc) is 2.34. The lowest BCUT2D eigenvalue weighted by molar-refractivity contribution is 0.0769. The molecule has 1 amide bonds. The van der Waals surface area contributed by atoms with E-state index in [1.165, 1.54) is 24.3 Å². The van der Waals surface area contributed by atoms with E-state index < -0.39 is 9.84 Å². The van der Waals surface area contributed by atoms with Crippen molar-refractivity contribution in [3.63, 3.8) is 0 Å². The van der Waals surface area contributed by atoms with E-state index in [-0.39, 0.29) is 10.8 Å². The number of nitrogens with two attached hydrogens (primary N) is 1. The number of likely N-dealkylation sites (N-methyl/N-ethyl adjacent to an activating group) is 1. The number of amides is 1. The van der Waals surface area contributed by atoms with Gasteiger partial charge in [0.15, 0.2) is 9.84 Å². The van der Waals surface area contributed by atoms with Crippen molar-refractivity contribution in [2.24, 2.45) is 5.73 Å². The summed E-state index contributed by atoms with van der Waals surface area (Å²) in [5, 5.41) is 0. The molecular formula is C12H18N2O3S. The summed E-state index contributed by atoms with van der Waals surface area (Å²) >= 11 is 0. The summed E-state index contributed by atoms with van der Waals surface area (Å²) in [5.74, 6) is -0.136. The van der Waals surface area contributed by atoms with Crippen molar-refractivity contribution in [2.75, 3.05) is 25.9 Å². The molecule has 0 heterocycles. The van der Waals surface area contributed by atoms with Gasteiger partial charge in [-0.15, -0.1) is 0 Å². The third-order valence-corrected chi connectivity index (χ3v) is 3.73. The molecule has 0 fully saturated rings. The Kier molecular flexibility index (Phi) is 4.86. The van der Waals surface area contributed by atoms with Crippen LogP contribution in [0.1, 0.15) is 17.3 Å². The molecule has 0 aromatic heterocycles. The first-order valence-electron chi connectivity index (χ1n) is 5.69. The molecule has 0 aliphatic heterocycles. The molecule has 0 spiro atoms. The molecule has 5 nitrogen and oxygen atoms in total. The topological polar surface area (TPSA) is 80.5 Å².